The average Bonchev–Trinajstić information content (AvgIpc) is 3.11. The minimum Gasteiger partial charge on any atom is -0.325 e. The number of rotatable bonds is 5. The van der Waals surface area contributed by atoms with Crippen molar-refractivity contribution in [2.75, 3.05) is 5.32 Å². The molecule has 0 fully saturated rings. The number of carbonyl (C=O) groups excluding carboxylic acids is 1. The van der Waals surface area contributed by atoms with Crippen molar-refractivity contribution in [1.29, 1.82) is 0 Å². The van der Waals surface area contributed by atoms with Gasteiger partial charge in [0, 0.05) is 10.2 Å². The Kier molecular flexibility index (Phi) is 5.22. The van der Waals surface area contributed by atoms with E-state index in [0.29, 0.717) is 17.9 Å². The molecule has 1 N–H and O–H groups in total. The SMILES string of the molecule is Cc1ccc(Cn2nnc3c(=O)n(CC(=O)Nc4ccc(Br)cc4)cnc32)cc1. The minimum atomic E-state index is -0.406. The van der Waals surface area contributed by atoms with Crippen LogP contribution in [-0.2, 0) is 17.9 Å². The summed E-state index contributed by atoms with van der Waals surface area (Å²) in [6.45, 7) is 2.31. The maximum Gasteiger partial charge on any atom is 0.283 e. The molecule has 0 saturated heterocycles. The predicted octanol–water partition coefficient (Wildman–Crippen LogP) is 2.75. The van der Waals surface area contributed by atoms with Gasteiger partial charge in [-0.1, -0.05) is 51.0 Å². The molecule has 0 aliphatic carbocycles. The number of aromatic nitrogens is 5. The van der Waals surface area contributed by atoms with Gasteiger partial charge in [-0.25, -0.2) is 9.67 Å². The second-order valence-electron chi connectivity index (χ2n) is 6.64. The quantitative estimate of drug-likeness (QED) is 0.502. The maximum atomic E-state index is 12.7. The lowest BCUT2D eigenvalue weighted by atomic mass is 10.1. The first kappa shape index (κ1) is 19.0. The van der Waals surface area contributed by atoms with Gasteiger partial charge in [-0.15, -0.1) is 5.10 Å². The topological polar surface area (TPSA) is 94.7 Å². The highest BCUT2D eigenvalue weighted by Gasteiger charge is 2.14. The Morgan fingerprint density at radius 1 is 1.10 bits per heavy atom. The fourth-order valence-electron chi connectivity index (χ4n) is 2.86. The van der Waals surface area contributed by atoms with E-state index in [9.17, 15) is 9.59 Å². The van der Waals surface area contributed by atoms with Crippen molar-refractivity contribution in [3.63, 3.8) is 0 Å². The molecule has 0 aliphatic heterocycles. The highest BCUT2D eigenvalue weighted by atomic mass is 79.9. The molecule has 0 saturated carbocycles. The smallest absolute Gasteiger partial charge is 0.283 e. The number of aryl methyl sites for hydroxylation is 1. The Hall–Kier alpha value is -3.33. The molecule has 2 aromatic carbocycles. The average molecular weight is 453 g/mol. The zero-order valence-electron chi connectivity index (χ0n) is 15.5. The van der Waals surface area contributed by atoms with Gasteiger partial charge in [0.2, 0.25) is 5.91 Å². The van der Waals surface area contributed by atoms with Gasteiger partial charge in [0.05, 0.1) is 6.54 Å². The van der Waals surface area contributed by atoms with E-state index >= 15 is 0 Å². The molecule has 8 nitrogen and oxygen atoms in total. The number of carbonyl (C=O) groups is 1. The molecule has 1 amide bonds. The summed E-state index contributed by atoms with van der Waals surface area (Å²) in [4.78, 5) is 29.3. The van der Waals surface area contributed by atoms with Crippen LogP contribution in [0.5, 0.6) is 0 Å². The molecular weight excluding hydrogens is 436 g/mol. The second kappa shape index (κ2) is 7.96. The van der Waals surface area contributed by atoms with Gasteiger partial charge in [-0.3, -0.25) is 14.2 Å². The summed E-state index contributed by atoms with van der Waals surface area (Å²) in [5, 5.41) is 10.8. The van der Waals surface area contributed by atoms with Gasteiger partial charge in [0.25, 0.3) is 5.56 Å². The van der Waals surface area contributed by atoms with Gasteiger partial charge in [-0.2, -0.15) is 0 Å². The van der Waals surface area contributed by atoms with E-state index in [1.165, 1.54) is 16.5 Å². The van der Waals surface area contributed by atoms with E-state index in [2.05, 4.69) is 36.5 Å². The number of nitrogens with zero attached hydrogens (tertiary/aromatic N) is 5. The van der Waals surface area contributed by atoms with Crippen molar-refractivity contribution in [2.45, 2.75) is 20.0 Å². The molecule has 0 atom stereocenters. The fourth-order valence-corrected chi connectivity index (χ4v) is 3.13. The molecule has 0 aliphatic rings. The summed E-state index contributed by atoms with van der Waals surface area (Å²) in [7, 11) is 0. The predicted molar refractivity (Wildman–Crippen MR) is 113 cm³/mol. The van der Waals surface area contributed by atoms with Gasteiger partial charge < -0.3 is 5.32 Å². The Morgan fingerprint density at radius 3 is 2.55 bits per heavy atom. The molecule has 9 heteroatoms. The zero-order valence-corrected chi connectivity index (χ0v) is 17.1. The van der Waals surface area contributed by atoms with Crippen molar-refractivity contribution in [3.05, 3.63) is 80.8 Å². The highest BCUT2D eigenvalue weighted by molar-refractivity contribution is 9.10. The maximum absolute atomic E-state index is 12.7. The van der Waals surface area contributed by atoms with Crippen molar-refractivity contribution >= 4 is 38.7 Å². The summed E-state index contributed by atoms with van der Waals surface area (Å²) in [6.07, 6.45) is 1.35. The number of hydrogen-bond donors (Lipinski definition) is 1. The van der Waals surface area contributed by atoms with Crippen molar-refractivity contribution in [3.8, 4) is 0 Å². The number of hydrogen-bond acceptors (Lipinski definition) is 5. The Morgan fingerprint density at radius 2 is 1.83 bits per heavy atom. The number of nitrogens with one attached hydrogen (secondary N) is 1. The number of anilines is 1. The standard InChI is InChI=1S/C20H17BrN6O2/c1-13-2-4-14(5-3-13)10-27-19-18(24-25-27)20(29)26(12-22-19)11-17(28)23-16-8-6-15(21)7-9-16/h2-9,12H,10-11H2,1H3,(H,23,28). The van der Waals surface area contributed by atoms with Crippen molar-refractivity contribution < 1.29 is 4.79 Å². The van der Waals surface area contributed by atoms with Gasteiger partial charge in [0.15, 0.2) is 11.2 Å². The summed E-state index contributed by atoms with van der Waals surface area (Å²) in [6, 6.07) is 15.2. The normalized spacial score (nSPS) is 11.0. The van der Waals surface area contributed by atoms with E-state index < -0.39 is 5.56 Å². The Balaban J connectivity index is 1.53. The second-order valence-corrected chi connectivity index (χ2v) is 7.55. The first-order valence-electron chi connectivity index (χ1n) is 8.89. The van der Waals surface area contributed by atoms with Gasteiger partial charge in [-0.05, 0) is 36.8 Å². The van der Waals surface area contributed by atoms with Crippen LogP contribution >= 0.6 is 15.9 Å². The lowest BCUT2D eigenvalue weighted by molar-refractivity contribution is -0.116. The van der Waals surface area contributed by atoms with E-state index in [1.807, 2.05) is 43.3 Å². The van der Waals surface area contributed by atoms with Crippen LogP contribution in [0, 0.1) is 6.92 Å². The lowest BCUT2D eigenvalue weighted by Gasteiger charge is -2.07. The van der Waals surface area contributed by atoms with Gasteiger partial charge in [0.1, 0.15) is 12.9 Å². The molecule has 146 valence electrons. The first-order chi connectivity index (χ1) is 14.0. The molecule has 29 heavy (non-hydrogen) atoms. The van der Waals surface area contributed by atoms with Crippen molar-refractivity contribution in [1.82, 2.24) is 24.5 Å². The minimum absolute atomic E-state index is 0.135. The summed E-state index contributed by atoms with van der Waals surface area (Å²) in [5.41, 5.74) is 2.96. The summed E-state index contributed by atoms with van der Waals surface area (Å²) >= 11 is 3.34. The summed E-state index contributed by atoms with van der Waals surface area (Å²) in [5.74, 6) is -0.331. The van der Waals surface area contributed by atoms with Crippen LogP contribution in [0.3, 0.4) is 0 Å². The Labute approximate surface area is 174 Å². The fraction of sp³-hybridized carbons (Fsp3) is 0.150. The zero-order chi connectivity index (χ0) is 20.4. The molecular formula is C20H17BrN6O2. The lowest BCUT2D eigenvalue weighted by Crippen LogP contribution is -2.28. The third-order valence-electron chi connectivity index (χ3n) is 4.39. The third-order valence-corrected chi connectivity index (χ3v) is 4.92. The molecule has 0 bridgehead atoms. The monoisotopic (exact) mass is 452 g/mol. The van der Waals surface area contributed by atoms with Crippen LogP contribution in [0.4, 0.5) is 5.69 Å². The molecule has 0 radical (unpaired) electrons. The van der Waals surface area contributed by atoms with Crippen LogP contribution in [0.15, 0.2) is 64.1 Å². The number of halogens is 1. The third kappa shape index (κ3) is 4.24. The van der Waals surface area contributed by atoms with Crippen LogP contribution in [0.1, 0.15) is 11.1 Å². The largest absolute Gasteiger partial charge is 0.325 e. The van der Waals surface area contributed by atoms with Gasteiger partial charge >= 0.3 is 0 Å². The summed E-state index contributed by atoms with van der Waals surface area (Å²) < 4.78 is 3.71. The number of fused-ring (bicyclic) bond motifs is 1. The van der Waals surface area contributed by atoms with Crippen LogP contribution in [-0.4, -0.2) is 30.5 Å². The van der Waals surface area contributed by atoms with E-state index in [0.717, 1.165) is 10.0 Å². The Bertz CT molecular complexity index is 1230. The van der Waals surface area contributed by atoms with Crippen molar-refractivity contribution in [2.24, 2.45) is 0 Å². The van der Waals surface area contributed by atoms with Crippen LogP contribution < -0.4 is 10.9 Å². The highest BCUT2D eigenvalue weighted by Crippen LogP contribution is 2.14. The molecule has 0 spiro atoms. The first-order valence-corrected chi connectivity index (χ1v) is 9.68. The molecule has 4 aromatic rings. The van der Waals surface area contributed by atoms with E-state index in [1.54, 1.807) is 16.8 Å². The number of amides is 1. The molecule has 2 aromatic heterocycles. The number of benzene rings is 2. The van der Waals surface area contributed by atoms with E-state index in [-0.39, 0.29) is 18.0 Å². The molecule has 2 heterocycles. The van der Waals surface area contributed by atoms with Crippen LogP contribution in [0.2, 0.25) is 0 Å². The molecule has 4 rings (SSSR count). The van der Waals surface area contributed by atoms with E-state index in [4.69, 9.17) is 0 Å². The molecule has 0 unspecified atom stereocenters. The van der Waals surface area contributed by atoms with Crippen LogP contribution in [0.25, 0.3) is 11.2 Å².